The fourth-order valence-electron chi connectivity index (χ4n) is 2.43. The molecule has 2 rings (SSSR count). The Bertz CT molecular complexity index is 689. The maximum absolute atomic E-state index is 11.6. The lowest BCUT2D eigenvalue weighted by Gasteiger charge is -2.19. The third kappa shape index (κ3) is 3.68. The second kappa shape index (κ2) is 5.75. The first kappa shape index (κ1) is 16.5. The first-order valence-corrected chi connectivity index (χ1v) is 8.90. The molecule has 1 aliphatic carbocycles. The molecule has 0 bridgehead atoms. The number of anilines is 2. The summed E-state index contributed by atoms with van der Waals surface area (Å²) < 4.78 is 24.2. The van der Waals surface area contributed by atoms with E-state index in [4.69, 9.17) is 0 Å². The zero-order valence-corrected chi connectivity index (χ0v) is 13.9. The summed E-state index contributed by atoms with van der Waals surface area (Å²) in [6.45, 7) is 4.18. The van der Waals surface area contributed by atoms with Gasteiger partial charge in [-0.3, -0.25) is 4.31 Å². The van der Waals surface area contributed by atoms with Gasteiger partial charge in [-0.05, 0) is 37.3 Å². The quantitative estimate of drug-likeness (QED) is 0.824. The van der Waals surface area contributed by atoms with Crippen molar-refractivity contribution in [3.05, 3.63) is 17.7 Å². The Labute approximate surface area is 130 Å². The lowest BCUT2D eigenvalue weighted by Crippen LogP contribution is -2.27. The van der Waals surface area contributed by atoms with E-state index in [0.717, 1.165) is 17.0 Å². The molecule has 1 saturated carbocycles. The van der Waals surface area contributed by atoms with Gasteiger partial charge in [-0.15, -0.1) is 0 Å². The number of nitrogens with zero attached hydrogens (tertiary/aromatic N) is 2. The summed E-state index contributed by atoms with van der Waals surface area (Å²) in [5, 5.41) is 12.4. The Morgan fingerprint density at radius 2 is 2.09 bits per heavy atom. The Morgan fingerprint density at radius 3 is 2.55 bits per heavy atom. The summed E-state index contributed by atoms with van der Waals surface area (Å²) in [4.78, 5) is 15.5. The van der Waals surface area contributed by atoms with Gasteiger partial charge >= 0.3 is 5.97 Å². The molecule has 2 N–H and O–H groups in total. The van der Waals surface area contributed by atoms with Crippen LogP contribution < -0.4 is 9.62 Å². The number of sulfonamides is 1. The molecular weight excluding hydrogens is 306 g/mol. The first-order valence-electron chi connectivity index (χ1n) is 7.05. The summed E-state index contributed by atoms with van der Waals surface area (Å²) in [7, 11) is -2.16. The van der Waals surface area contributed by atoms with Crippen molar-refractivity contribution >= 4 is 27.6 Å². The van der Waals surface area contributed by atoms with Crippen molar-refractivity contribution in [1.29, 1.82) is 0 Å². The zero-order valence-electron chi connectivity index (χ0n) is 13.1. The zero-order chi connectivity index (χ0) is 16.7. The van der Waals surface area contributed by atoms with E-state index < -0.39 is 16.0 Å². The molecule has 1 aromatic rings. The molecule has 3 atom stereocenters. The average molecular weight is 327 g/mol. The second-order valence-corrected chi connectivity index (χ2v) is 7.96. The molecule has 0 saturated heterocycles. The number of aromatic nitrogens is 1. The van der Waals surface area contributed by atoms with Gasteiger partial charge in [0.15, 0.2) is 0 Å². The molecule has 0 aromatic carbocycles. The molecule has 0 radical (unpaired) electrons. The summed E-state index contributed by atoms with van der Waals surface area (Å²) in [6, 6.07) is 2.83. The molecule has 1 heterocycles. The van der Waals surface area contributed by atoms with E-state index in [0.29, 0.717) is 17.7 Å². The van der Waals surface area contributed by atoms with Crippen LogP contribution in [0.5, 0.6) is 0 Å². The van der Waals surface area contributed by atoms with Gasteiger partial charge < -0.3 is 10.4 Å². The third-order valence-electron chi connectivity index (χ3n) is 4.07. The highest BCUT2D eigenvalue weighted by Gasteiger charge is 2.37. The van der Waals surface area contributed by atoms with E-state index in [2.05, 4.69) is 17.2 Å². The van der Waals surface area contributed by atoms with Gasteiger partial charge in [0.25, 0.3) is 0 Å². The molecule has 0 spiro atoms. The highest BCUT2D eigenvalue weighted by atomic mass is 32.2. The topological polar surface area (TPSA) is 99.6 Å². The average Bonchev–Trinajstić information content (AvgIpc) is 3.13. The number of hydrogen-bond donors (Lipinski definition) is 2. The van der Waals surface area contributed by atoms with Gasteiger partial charge in [-0.2, -0.15) is 0 Å². The van der Waals surface area contributed by atoms with Crippen molar-refractivity contribution in [2.45, 2.75) is 26.3 Å². The van der Waals surface area contributed by atoms with Crippen molar-refractivity contribution in [2.75, 3.05) is 22.9 Å². The Morgan fingerprint density at radius 1 is 1.50 bits per heavy atom. The molecule has 0 aliphatic heterocycles. The predicted octanol–water partition coefficient (Wildman–Crippen LogP) is 1.63. The van der Waals surface area contributed by atoms with Crippen LogP contribution in [0.1, 0.15) is 30.6 Å². The normalized spacial score (nSPS) is 22.0. The SMILES string of the molecule is C[C@H]1CC1[C@@H](C)Nc1cc(C(=O)O)cc(N(C)S(C)(=O)=O)n1. The van der Waals surface area contributed by atoms with Crippen molar-refractivity contribution in [3.8, 4) is 0 Å². The van der Waals surface area contributed by atoms with Gasteiger partial charge in [-0.1, -0.05) is 6.92 Å². The summed E-state index contributed by atoms with van der Waals surface area (Å²) >= 11 is 0. The van der Waals surface area contributed by atoms with E-state index in [1.807, 2.05) is 6.92 Å². The lowest BCUT2D eigenvalue weighted by molar-refractivity contribution is 0.0697. The van der Waals surface area contributed by atoms with Crippen LogP contribution in [0.15, 0.2) is 12.1 Å². The molecule has 0 amide bonds. The number of aromatic carboxylic acids is 1. The summed E-state index contributed by atoms with van der Waals surface area (Å²) in [5.41, 5.74) is -0.000884. The van der Waals surface area contributed by atoms with Crippen LogP contribution in [0.3, 0.4) is 0 Å². The standard InChI is InChI=1S/C14H21N3O4S/c1-8-5-11(8)9(2)15-12-6-10(14(18)19)7-13(16-12)17(3)22(4,20)21/h6-9,11H,5H2,1-4H3,(H,15,16)(H,18,19)/t8-,9+,11?/m0/s1. The molecule has 7 nitrogen and oxygen atoms in total. The second-order valence-electron chi connectivity index (χ2n) is 5.94. The third-order valence-corrected chi connectivity index (χ3v) is 5.25. The molecule has 1 fully saturated rings. The minimum absolute atomic E-state index is 0.000884. The molecule has 1 aliphatic rings. The summed E-state index contributed by atoms with van der Waals surface area (Å²) in [5.74, 6) is 0.508. The monoisotopic (exact) mass is 327 g/mol. The van der Waals surface area contributed by atoms with Crippen molar-refractivity contribution in [2.24, 2.45) is 11.8 Å². The van der Waals surface area contributed by atoms with Gasteiger partial charge in [0.1, 0.15) is 11.6 Å². The minimum Gasteiger partial charge on any atom is -0.478 e. The number of carboxylic acids is 1. The molecule has 122 valence electrons. The number of nitrogens with one attached hydrogen (secondary N) is 1. The Balaban J connectivity index is 2.33. The van der Waals surface area contributed by atoms with Crippen LogP contribution in [0, 0.1) is 11.8 Å². The molecule has 22 heavy (non-hydrogen) atoms. The van der Waals surface area contributed by atoms with Crippen LogP contribution in [-0.4, -0.2) is 43.8 Å². The maximum Gasteiger partial charge on any atom is 0.335 e. The van der Waals surface area contributed by atoms with Crippen molar-refractivity contribution < 1.29 is 18.3 Å². The van der Waals surface area contributed by atoms with Crippen molar-refractivity contribution in [1.82, 2.24) is 4.98 Å². The fraction of sp³-hybridized carbons (Fsp3) is 0.571. The van der Waals surface area contributed by atoms with Gasteiger partial charge in [-0.25, -0.2) is 18.2 Å². The van der Waals surface area contributed by atoms with Gasteiger partial charge in [0, 0.05) is 13.1 Å². The molecule has 1 unspecified atom stereocenters. The van der Waals surface area contributed by atoms with Gasteiger partial charge in [0.05, 0.1) is 11.8 Å². The smallest absolute Gasteiger partial charge is 0.335 e. The molecule has 8 heteroatoms. The van der Waals surface area contributed by atoms with Crippen LogP contribution in [0.4, 0.5) is 11.6 Å². The van der Waals surface area contributed by atoms with Crippen LogP contribution >= 0.6 is 0 Å². The van der Waals surface area contributed by atoms with Crippen LogP contribution in [0.2, 0.25) is 0 Å². The number of carboxylic acid groups (broad SMARTS) is 1. The summed E-state index contributed by atoms with van der Waals surface area (Å²) in [6.07, 6.45) is 2.17. The van der Waals surface area contributed by atoms with Crippen LogP contribution in [0.25, 0.3) is 0 Å². The first-order chi connectivity index (χ1) is 10.1. The maximum atomic E-state index is 11.6. The molecule has 1 aromatic heterocycles. The number of pyridine rings is 1. The lowest BCUT2D eigenvalue weighted by atomic mass is 10.2. The number of hydrogen-bond acceptors (Lipinski definition) is 5. The fourth-order valence-corrected chi connectivity index (χ4v) is 2.87. The van der Waals surface area contributed by atoms with Gasteiger partial charge in [0.2, 0.25) is 10.0 Å². The van der Waals surface area contributed by atoms with E-state index in [9.17, 15) is 18.3 Å². The highest BCUT2D eigenvalue weighted by Crippen LogP contribution is 2.41. The van der Waals surface area contributed by atoms with E-state index in [1.54, 1.807) is 0 Å². The predicted molar refractivity (Wildman–Crippen MR) is 84.8 cm³/mol. The Hall–Kier alpha value is -1.83. The number of carbonyl (C=O) groups is 1. The van der Waals surface area contributed by atoms with E-state index >= 15 is 0 Å². The van der Waals surface area contributed by atoms with E-state index in [-0.39, 0.29) is 17.4 Å². The van der Waals surface area contributed by atoms with E-state index in [1.165, 1.54) is 19.2 Å². The Kier molecular flexibility index (Phi) is 4.32. The highest BCUT2D eigenvalue weighted by molar-refractivity contribution is 7.92. The minimum atomic E-state index is -3.51. The largest absolute Gasteiger partial charge is 0.478 e. The molecular formula is C14H21N3O4S. The number of rotatable bonds is 6. The van der Waals surface area contributed by atoms with Crippen molar-refractivity contribution in [3.63, 3.8) is 0 Å². The van der Waals surface area contributed by atoms with Crippen LogP contribution in [-0.2, 0) is 10.0 Å².